The van der Waals surface area contributed by atoms with Crippen LogP contribution in [0.2, 0.25) is 0 Å². The van der Waals surface area contributed by atoms with Crippen molar-refractivity contribution in [3.8, 4) is 16.6 Å². The van der Waals surface area contributed by atoms with Gasteiger partial charge in [-0.3, -0.25) is 19.0 Å². The van der Waals surface area contributed by atoms with Gasteiger partial charge >= 0.3 is 5.97 Å². The Kier molecular flexibility index (Phi) is 10.2. The predicted octanol–water partition coefficient (Wildman–Crippen LogP) is 7.12. The number of carbonyl (C=O) groups excluding carboxylic acids is 3. The molecule has 7 rings (SSSR count). The summed E-state index contributed by atoms with van der Waals surface area (Å²) in [4.78, 5) is 53.1. The first-order chi connectivity index (χ1) is 24.2. The Balaban J connectivity index is 1.18. The molecule has 1 saturated heterocycles. The van der Waals surface area contributed by atoms with E-state index in [0.717, 1.165) is 47.3 Å². The Bertz CT molecular complexity index is 1760. The maximum atomic E-state index is 14.2. The van der Waals surface area contributed by atoms with Gasteiger partial charge in [0.2, 0.25) is 5.91 Å². The van der Waals surface area contributed by atoms with E-state index in [4.69, 9.17) is 25.2 Å². The van der Waals surface area contributed by atoms with E-state index in [-0.39, 0.29) is 49.2 Å². The van der Waals surface area contributed by atoms with Crippen molar-refractivity contribution < 1.29 is 23.9 Å². The van der Waals surface area contributed by atoms with Gasteiger partial charge in [0.1, 0.15) is 16.6 Å². The zero-order chi connectivity index (χ0) is 35.0. The van der Waals surface area contributed by atoms with Gasteiger partial charge in [0, 0.05) is 35.7 Å². The third-order valence-corrected chi connectivity index (χ3v) is 12.2. The highest BCUT2D eigenvalue weighted by Crippen LogP contribution is 2.57. The molecule has 268 valence electrons. The Morgan fingerprint density at radius 1 is 1.10 bits per heavy atom. The number of amides is 1. The summed E-state index contributed by atoms with van der Waals surface area (Å²) in [6.45, 7) is 6.47. The minimum absolute atomic E-state index is 0.0295. The van der Waals surface area contributed by atoms with E-state index >= 15 is 0 Å². The average molecular weight is 702 g/mol. The van der Waals surface area contributed by atoms with Crippen LogP contribution in [-0.4, -0.2) is 68.4 Å². The van der Waals surface area contributed by atoms with Gasteiger partial charge in [-0.25, -0.2) is 4.98 Å². The van der Waals surface area contributed by atoms with E-state index in [9.17, 15) is 14.4 Å². The highest BCUT2D eigenvalue weighted by molar-refractivity contribution is 7.13. The number of thiazole rings is 1. The molecule has 50 heavy (non-hydrogen) atoms. The molecule has 2 N–H and O–H groups in total. The average Bonchev–Trinajstić information content (AvgIpc) is 3.69. The fourth-order valence-electron chi connectivity index (χ4n) is 8.45. The smallest absolute Gasteiger partial charge is 0.313 e. The number of aromatic nitrogens is 3. The molecule has 3 fully saturated rings. The van der Waals surface area contributed by atoms with Gasteiger partial charge in [-0.05, 0) is 77.3 Å². The van der Waals surface area contributed by atoms with Crippen molar-refractivity contribution in [3.63, 3.8) is 0 Å². The number of fused-ring (bicyclic) bond motifs is 3. The molecular weight excluding hydrogens is 651 g/mol. The van der Waals surface area contributed by atoms with Crippen LogP contribution < -0.4 is 10.5 Å². The van der Waals surface area contributed by atoms with Gasteiger partial charge in [-0.15, -0.1) is 11.3 Å². The molecule has 0 unspecified atom stereocenters. The normalized spacial score (nSPS) is 28.7. The molecule has 0 bridgehead atoms. The lowest BCUT2D eigenvalue weighted by Gasteiger charge is -2.27. The van der Waals surface area contributed by atoms with Crippen molar-refractivity contribution >= 4 is 40.0 Å². The first kappa shape index (κ1) is 34.9. The minimum atomic E-state index is -0.880. The maximum absolute atomic E-state index is 14.2. The van der Waals surface area contributed by atoms with Gasteiger partial charge in [-0.1, -0.05) is 43.9 Å². The van der Waals surface area contributed by atoms with Crippen molar-refractivity contribution in [1.82, 2.24) is 19.4 Å². The number of rotatable bonds is 7. The summed E-state index contributed by atoms with van der Waals surface area (Å²) < 4.78 is 14.3. The lowest BCUT2D eigenvalue weighted by molar-refractivity contribution is -0.152. The summed E-state index contributed by atoms with van der Waals surface area (Å²) in [5, 5.41) is 3.16. The topological polar surface area (TPSA) is 130 Å². The van der Waals surface area contributed by atoms with Crippen LogP contribution in [0.25, 0.3) is 21.6 Å². The number of hydrogen-bond acceptors (Lipinski definition) is 9. The van der Waals surface area contributed by atoms with Crippen LogP contribution in [-0.2, 0) is 19.1 Å². The Morgan fingerprint density at radius 2 is 1.90 bits per heavy atom. The minimum Gasteiger partial charge on any atom is -0.466 e. The summed E-state index contributed by atoms with van der Waals surface area (Å²) in [6.07, 6.45) is 13.8. The number of imidazole rings is 1. The van der Waals surface area contributed by atoms with Crippen molar-refractivity contribution in [2.24, 2.45) is 17.1 Å². The Morgan fingerprint density at radius 3 is 2.68 bits per heavy atom. The molecular formula is C39H51N5O5S. The van der Waals surface area contributed by atoms with Crippen LogP contribution in [0.4, 0.5) is 0 Å². The fraction of sp³-hybridized carbons (Fsp3) is 0.615. The summed E-state index contributed by atoms with van der Waals surface area (Å²) in [5.41, 5.74) is 9.55. The summed E-state index contributed by atoms with van der Waals surface area (Å²) in [5.74, 6) is -0.208. The van der Waals surface area contributed by atoms with Crippen molar-refractivity contribution in [2.45, 2.75) is 128 Å². The number of ketones is 1. The van der Waals surface area contributed by atoms with Crippen LogP contribution >= 0.6 is 11.3 Å². The van der Waals surface area contributed by atoms with Crippen molar-refractivity contribution in [3.05, 3.63) is 41.4 Å². The van der Waals surface area contributed by atoms with Crippen LogP contribution in [0.5, 0.6) is 6.01 Å². The molecule has 2 aromatic heterocycles. The van der Waals surface area contributed by atoms with E-state index < -0.39 is 23.6 Å². The number of nitrogens with zero attached hydrogens (tertiary/aromatic N) is 4. The van der Waals surface area contributed by atoms with Crippen LogP contribution in [0.1, 0.15) is 115 Å². The van der Waals surface area contributed by atoms with E-state index in [1.807, 2.05) is 6.07 Å². The Labute approximate surface area is 298 Å². The van der Waals surface area contributed by atoms with Crippen LogP contribution in [0, 0.1) is 11.3 Å². The summed E-state index contributed by atoms with van der Waals surface area (Å²) in [7, 11) is 0. The van der Waals surface area contributed by atoms with E-state index in [0.29, 0.717) is 31.2 Å². The second-order valence-electron chi connectivity index (χ2n) is 15.1. The fourth-order valence-corrected chi connectivity index (χ4v) is 9.38. The second kappa shape index (κ2) is 14.6. The molecule has 4 heterocycles. The van der Waals surface area contributed by atoms with Gasteiger partial charge in [0.15, 0.2) is 5.78 Å². The van der Waals surface area contributed by atoms with Gasteiger partial charge in [0.25, 0.3) is 6.01 Å². The molecule has 2 saturated carbocycles. The lowest BCUT2D eigenvalue weighted by Crippen LogP contribution is -2.49. The van der Waals surface area contributed by atoms with Gasteiger partial charge < -0.3 is 20.1 Å². The number of esters is 1. The molecule has 1 amide bonds. The third-order valence-electron chi connectivity index (χ3n) is 11.3. The molecule has 2 aliphatic carbocycles. The zero-order valence-electron chi connectivity index (χ0n) is 29.6. The molecule has 4 aliphatic rings. The number of nitrogens with two attached hydrogens (primary N) is 1. The van der Waals surface area contributed by atoms with Crippen molar-refractivity contribution in [1.29, 1.82) is 0 Å². The number of hydrogen-bond donors (Lipinski definition) is 1. The zero-order valence-corrected chi connectivity index (χ0v) is 30.5. The molecule has 2 aliphatic heterocycles. The summed E-state index contributed by atoms with van der Waals surface area (Å²) >= 11 is 1.67. The van der Waals surface area contributed by atoms with E-state index in [1.165, 1.54) is 31.4 Å². The summed E-state index contributed by atoms with van der Waals surface area (Å²) in [6, 6.07) is 5.25. The third kappa shape index (κ3) is 6.75. The quantitative estimate of drug-likeness (QED) is 0.204. The molecule has 3 aromatic rings. The molecule has 0 spiro atoms. The highest BCUT2D eigenvalue weighted by Gasteiger charge is 2.61. The lowest BCUT2D eigenvalue weighted by atomic mass is 9.91. The number of allylic oxidation sites excluding steroid dienone is 2. The predicted molar refractivity (Wildman–Crippen MR) is 194 cm³/mol. The number of Topliss-reactive ketones (excluding diaryl/α,β-unsaturated/α-hetero) is 1. The molecule has 1 aromatic carbocycles. The standard InChI is InChI=1S/C39H51N5O5S/c1-4-48-37(47)39-20-26(39)15-8-6-5-7-9-17-29(40)36(46)43-22-27(19-32(43)33(45)21-39)49-38-42-34-28(16-12-18-31(34)44(38)24(2)3)35-41-30(23-50-35)25-13-10-11-14-25/h8,12,15-16,18,23-27,29,32H,4-7,9-11,13-14,17,19-22,40H2,1-3H3/b15-8-/t26-,27-,29+,32+,39-/m1/s1. The number of carbonyl (C=O) groups is 3. The van der Waals surface area contributed by atoms with Crippen LogP contribution in [0.15, 0.2) is 35.7 Å². The van der Waals surface area contributed by atoms with Crippen molar-refractivity contribution in [2.75, 3.05) is 13.2 Å². The molecule has 10 nitrogen and oxygen atoms in total. The largest absolute Gasteiger partial charge is 0.466 e. The second-order valence-corrected chi connectivity index (χ2v) is 15.9. The number of benzene rings is 1. The van der Waals surface area contributed by atoms with Gasteiger partial charge in [-0.2, -0.15) is 4.98 Å². The first-order valence-electron chi connectivity index (χ1n) is 18.8. The number of para-hydroxylation sites is 1. The molecule has 5 atom stereocenters. The highest BCUT2D eigenvalue weighted by atomic mass is 32.1. The number of ether oxygens (including phenoxy) is 2. The van der Waals surface area contributed by atoms with Crippen LogP contribution in [0.3, 0.4) is 0 Å². The van der Waals surface area contributed by atoms with E-state index in [1.54, 1.807) is 23.2 Å². The van der Waals surface area contributed by atoms with E-state index in [2.05, 4.69) is 48.1 Å². The molecule has 11 heteroatoms. The van der Waals surface area contributed by atoms with Gasteiger partial charge in [0.05, 0.1) is 41.9 Å². The SMILES string of the molecule is CCOC(=O)[C@]12CC(=O)[C@@H]3C[C@@H](Oc4nc5c(-c6nc(C7CCCC7)cs6)cccc5n4C(C)C)CN3C(=O)[C@@H](N)CCCCC/C=C\[C@@H]1C2. The molecule has 0 radical (unpaired) electrons. The Hall–Kier alpha value is -3.57. The monoisotopic (exact) mass is 701 g/mol. The maximum Gasteiger partial charge on any atom is 0.313 e. The first-order valence-corrected chi connectivity index (χ1v) is 19.6.